The minimum atomic E-state index is -0.294. The van der Waals surface area contributed by atoms with Gasteiger partial charge in [0.2, 0.25) is 0 Å². The fraction of sp³-hybridized carbons (Fsp3) is 0.231. The highest BCUT2D eigenvalue weighted by atomic mass is 79.9. The van der Waals surface area contributed by atoms with Gasteiger partial charge in [0.05, 0.1) is 0 Å². The van der Waals surface area contributed by atoms with E-state index in [1.165, 1.54) is 12.1 Å². The molecule has 3 rings (SSSR count). The van der Waals surface area contributed by atoms with E-state index < -0.39 is 0 Å². The third-order valence-electron chi connectivity index (χ3n) is 2.93. The van der Waals surface area contributed by atoms with E-state index in [2.05, 4.69) is 25.9 Å². The molecule has 0 aliphatic heterocycles. The summed E-state index contributed by atoms with van der Waals surface area (Å²) in [5.41, 5.74) is 7.54. The Morgan fingerprint density at radius 2 is 2.00 bits per heavy atom. The second-order valence-electron chi connectivity index (χ2n) is 4.44. The molecule has 0 spiro atoms. The molecule has 92 valence electrons. The van der Waals surface area contributed by atoms with Gasteiger partial charge in [-0.15, -0.1) is 0 Å². The maximum atomic E-state index is 13.1. The van der Waals surface area contributed by atoms with E-state index >= 15 is 0 Å². The molecule has 0 amide bonds. The van der Waals surface area contributed by atoms with Crippen molar-refractivity contribution in [2.75, 3.05) is 5.73 Å². The van der Waals surface area contributed by atoms with Crippen molar-refractivity contribution in [3.05, 3.63) is 40.2 Å². The molecule has 0 saturated heterocycles. The monoisotopic (exact) mass is 307 g/mol. The molecule has 1 aromatic carbocycles. The first-order chi connectivity index (χ1) is 8.63. The van der Waals surface area contributed by atoms with Crippen LogP contribution in [0.3, 0.4) is 0 Å². The molecule has 2 N–H and O–H groups in total. The van der Waals surface area contributed by atoms with Gasteiger partial charge in [-0.2, -0.15) is 0 Å². The van der Waals surface area contributed by atoms with Gasteiger partial charge >= 0.3 is 0 Å². The molecule has 5 heteroatoms. The highest BCUT2D eigenvalue weighted by molar-refractivity contribution is 9.10. The first kappa shape index (κ1) is 11.6. The van der Waals surface area contributed by atoms with Crippen LogP contribution in [0.15, 0.2) is 28.7 Å². The van der Waals surface area contributed by atoms with E-state index in [-0.39, 0.29) is 5.82 Å². The summed E-state index contributed by atoms with van der Waals surface area (Å²) in [5, 5.41) is 0. The van der Waals surface area contributed by atoms with Gasteiger partial charge in [-0.25, -0.2) is 14.4 Å². The van der Waals surface area contributed by atoms with Gasteiger partial charge in [0.25, 0.3) is 0 Å². The zero-order valence-corrected chi connectivity index (χ0v) is 11.1. The fourth-order valence-electron chi connectivity index (χ4n) is 1.87. The zero-order valence-electron chi connectivity index (χ0n) is 9.53. The quantitative estimate of drug-likeness (QED) is 0.923. The smallest absolute Gasteiger partial charge is 0.162 e. The molecular formula is C13H11BrFN3. The van der Waals surface area contributed by atoms with E-state index in [0.717, 1.165) is 24.1 Å². The molecule has 1 aliphatic carbocycles. The summed E-state index contributed by atoms with van der Waals surface area (Å²) >= 11 is 3.32. The van der Waals surface area contributed by atoms with Gasteiger partial charge < -0.3 is 5.73 Å². The normalized spacial score (nSPS) is 14.8. The van der Waals surface area contributed by atoms with Crippen LogP contribution in [0, 0.1) is 5.82 Å². The van der Waals surface area contributed by atoms with E-state index in [9.17, 15) is 4.39 Å². The Hall–Kier alpha value is -1.49. The van der Waals surface area contributed by atoms with Crippen molar-refractivity contribution in [3.8, 4) is 11.4 Å². The number of nitrogen functional groups attached to an aromatic ring is 1. The molecule has 0 radical (unpaired) electrons. The molecule has 2 aromatic rings. The minimum absolute atomic E-state index is 0.294. The number of nitrogens with two attached hydrogens (primary N) is 1. The summed E-state index contributed by atoms with van der Waals surface area (Å²) in [6, 6.07) is 6.27. The van der Waals surface area contributed by atoms with Crippen LogP contribution in [0.1, 0.15) is 24.5 Å². The highest BCUT2D eigenvalue weighted by Gasteiger charge is 2.26. The Labute approximate surface area is 112 Å². The number of halogens is 2. The molecule has 1 heterocycles. The summed E-state index contributed by atoms with van der Waals surface area (Å²) in [5.74, 6) is 1.21. The average Bonchev–Trinajstić information content (AvgIpc) is 3.11. The molecule has 1 aromatic heterocycles. The summed E-state index contributed by atoms with van der Waals surface area (Å²) in [6.07, 6.45) is 2.31. The van der Waals surface area contributed by atoms with Gasteiger partial charge in [-0.05, 0) is 47.0 Å². The summed E-state index contributed by atoms with van der Waals surface area (Å²) in [7, 11) is 0. The topological polar surface area (TPSA) is 51.8 Å². The Kier molecular flexibility index (Phi) is 2.78. The van der Waals surface area contributed by atoms with Crippen molar-refractivity contribution >= 4 is 21.7 Å². The maximum Gasteiger partial charge on any atom is 0.162 e. The predicted octanol–water partition coefficient (Wildman–Crippen LogP) is 3.50. The van der Waals surface area contributed by atoms with Crippen LogP contribution in [-0.2, 0) is 0 Å². The number of aromatic nitrogens is 2. The molecule has 1 fully saturated rings. The standard InChI is InChI=1S/C13H11BrFN3/c14-10-5-8(15)3-4-9(10)13-17-11(7-1-2-7)6-12(16)18-13/h3-7H,1-2H2,(H2,16,17,18). The van der Waals surface area contributed by atoms with Crippen molar-refractivity contribution in [1.29, 1.82) is 0 Å². The lowest BCUT2D eigenvalue weighted by atomic mass is 10.2. The molecule has 1 aliphatic rings. The third-order valence-corrected chi connectivity index (χ3v) is 3.59. The van der Waals surface area contributed by atoms with E-state index in [1.54, 1.807) is 6.07 Å². The summed E-state index contributed by atoms with van der Waals surface area (Å²) in [4.78, 5) is 8.73. The van der Waals surface area contributed by atoms with Crippen molar-refractivity contribution in [2.45, 2.75) is 18.8 Å². The maximum absolute atomic E-state index is 13.1. The summed E-state index contributed by atoms with van der Waals surface area (Å²) in [6.45, 7) is 0. The SMILES string of the molecule is Nc1cc(C2CC2)nc(-c2ccc(F)cc2Br)n1. The molecule has 1 saturated carbocycles. The molecular weight excluding hydrogens is 297 g/mol. The number of benzene rings is 1. The van der Waals surface area contributed by atoms with Gasteiger partial charge in [0, 0.05) is 27.7 Å². The van der Waals surface area contributed by atoms with Crippen LogP contribution in [-0.4, -0.2) is 9.97 Å². The highest BCUT2D eigenvalue weighted by Crippen LogP contribution is 2.40. The second kappa shape index (κ2) is 4.31. The van der Waals surface area contributed by atoms with Crippen LogP contribution < -0.4 is 5.73 Å². The van der Waals surface area contributed by atoms with Crippen molar-refractivity contribution in [1.82, 2.24) is 9.97 Å². The number of hydrogen-bond donors (Lipinski definition) is 1. The summed E-state index contributed by atoms with van der Waals surface area (Å²) < 4.78 is 13.7. The number of hydrogen-bond acceptors (Lipinski definition) is 3. The molecule has 3 nitrogen and oxygen atoms in total. The van der Waals surface area contributed by atoms with E-state index in [4.69, 9.17) is 5.73 Å². The number of anilines is 1. The molecule has 0 unspecified atom stereocenters. The molecule has 0 atom stereocenters. The van der Waals surface area contributed by atoms with Crippen LogP contribution in [0.5, 0.6) is 0 Å². The van der Waals surface area contributed by atoms with E-state index in [1.807, 2.05) is 6.07 Å². The predicted molar refractivity (Wildman–Crippen MR) is 71.5 cm³/mol. The Morgan fingerprint density at radius 3 is 2.67 bits per heavy atom. The van der Waals surface area contributed by atoms with Gasteiger partial charge in [0.15, 0.2) is 5.82 Å². The number of nitrogens with zero attached hydrogens (tertiary/aromatic N) is 2. The minimum Gasteiger partial charge on any atom is -0.384 e. The lowest BCUT2D eigenvalue weighted by Crippen LogP contribution is -2.00. The van der Waals surface area contributed by atoms with Crippen LogP contribution in [0.25, 0.3) is 11.4 Å². The van der Waals surface area contributed by atoms with Crippen molar-refractivity contribution in [3.63, 3.8) is 0 Å². The first-order valence-corrected chi connectivity index (χ1v) is 6.52. The lowest BCUT2D eigenvalue weighted by molar-refractivity contribution is 0.627. The van der Waals surface area contributed by atoms with Gasteiger partial charge in [-0.1, -0.05) is 0 Å². The van der Waals surface area contributed by atoms with Gasteiger partial charge in [-0.3, -0.25) is 0 Å². The van der Waals surface area contributed by atoms with Crippen molar-refractivity contribution in [2.24, 2.45) is 0 Å². The van der Waals surface area contributed by atoms with Gasteiger partial charge in [0.1, 0.15) is 11.6 Å². The number of rotatable bonds is 2. The molecule has 0 bridgehead atoms. The average molecular weight is 308 g/mol. The Morgan fingerprint density at radius 1 is 1.22 bits per heavy atom. The van der Waals surface area contributed by atoms with Crippen LogP contribution >= 0.6 is 15.9 Å². The van der Waals surface area contributed by atoms with Crippen LogP contribution in [0.2, 0.25) is 0 Å². The van der Waals surface area contributed by atoms with E-state index in [0.29, 0.717) is 22.0 Å². The van der Waals surface area contributed by atoms with Crippen molar-refractivity contribution < 1.29 is 4.39 Å². The van der Waals surface area contributed by atoms with Crippen LogP contribution in [0.4, 0.5) is 10.2 Å². The fourth-order valence-corrected chi connectivity index (χ4v) is 2.39. The first-order valence-electron chi connectivity index (χ1n) is 5.73. The Balaban J connectivity index is 2.10. The second-order valence-corrected chi connectivity index (χ2v) is 5.29. The lowest BCUT2D eigenvalue weighted by Gasteiger charge is -2.07. The third kappa shape index (κ3) is 2.22. The largest absolute Gasteiger partial charge is 0.384 e. The zero-order chi connectivity index (χ0) is 12.7. The Bertz CT molecular complexity index is 611. The molecule has 18 heavy (non-hydrogen) atoms.